The van der Waals surface area contributed by atoms with Crippen molar-refractivity contribution in [2.24, 2.45) is 7.05 Å². The molecule has 0 radical (unpaired) electrons. The van der Waals surface area contributed by atoms with Gasteiger partial charge in [-0.2, -0.15) is 0 Å². The zero-order chi connectivity index (χ0) is 28.3. The lowest BCUT2D eigenvalue weighted by Gasteiger charge is -2.49. The second kappa shape index (κ2) is 11.7. The van der Waals surface area contributed by atoms with Gasteiger partial charge in [-0.05, 0) is 47.9 Å². The Labute approximate surface area is 233 Å². The molecule has 3 N–H and O–H groups in total. The highest BCUT2D eigenvalue weighted by Crippen LogP contribution is 2.41. The highest BCUT2D eigenvalue weighted by molar-refractivity contribution is 8.01. The van der Waals surface area contributed by atoms with Gasteiger partial charge in [0.15, 0.2) is 0 Å². The minimum atomic E-state index is -1.20. The van der Waals surface area contributed by atoms with Crippen LogP contribution in [-0.4, -0.2) is 82.6 Å². The summed E-state index contributed by atoms with van der Waals surface area (Å²) in [6.07, 6.45) is -0.577. The predicted molar refractivity (Wildman–Crippen MR) is 142 cm³/mol. The first-order valence-electron chi connectivity index (χ1n) is 12.0. The van der Waals surface area contributed by atoms with Crippen LogP contribution in [0.1, 0.15) is 31.9 Å². The minimum Gasteiger partial charge on any atom is -0.477 e. The minimum absolute atomic E-state index is 0.0113. The molecule has 2 unspecified atom stereocenters. The summed E-state index contributed by atoms with van der Waals surface area (Å²) in [4.78, 5) is 51.2. The van der Waals surface area contributed by atoms with Crippen LogP contribution in [0.25, 0.3) is 0 Å². The summed E-state index contributed by atoms with van der Waals surface area (Å²) in [5.41, 5.74) is 1.32. The van der Waals surface area contributed by atoms with Gasteiger partial charge in [0.25, 0.3) is 5.91 Å². The lowest BCUT2D eigenvalue weighted by Crippen LogP contribution is -2.70. The van der Waals surface area contributed by atoms with Crippen LogP contribution in [0, 0.1) is 0 Å². The molecule has 0 spiro atoms. The van der Waals surface area contributed by atoms with E-state index in [0.717, 1.165) is 5.56 Å². The van der Waals surface area contributed by atoms with E-state index in [1.165, 1.54) is 33.1 Å². The number of aromatic nitrogens is 4. The predicted octanol–water partition coefficient (Wildman–Crippen LogP) is 1.31. The Morgan fingerprint density at radius 1 is 1.23 bits per heavy atom. The molecule has 1 aromatic heterocycles. The van der Waals surface area contributed by atoms with Crippen molar-refractivity contribution in [1.29, 1.82) is 0 Å². The maximum atomic E-state index is 13.0. The molecule has 15 heteroatoms. The number of nitrogens with one attached hydrogen (secondary N) is 2. The fraction of sp³-hybridized carbons (Fsp3) is 0.458. The van der Waals surface area contributed by atoms with Crippen molar-refractivity contribution in [3.05, 3.63) is 46.7 Å². The number of tetrazole rings is 1. The summed E-state index contributed by atoms with van der Waals surface area (Å²) in [6.45, 7) is 5.48. The largest absolute Gasteiger partial charge is 0.477 e. The molecule has 1 aromatic carbocycles. The summed E-state index contributed by atoms with van der Waals surface area (Å²) >= 11 is 2.68. The van der Waals surface area contributed by atoms with Crippen LogP contribution in [0.4, 0.5) is 4.79 Å². The Morgan fingerprint density at radius 2 is 1.95 bits per heavy atom. The molecule has 4 rings (SSSR count). The fourth-order valence-electron chi connectivity index (χ4n) is 4.07. The number of carbonyl (C=O) groups is 4. The molecular weight excluding hydrogens is 546 g/mol. The third kappa shape index (κ3) is 6.71. The maximum absolute atomic E-state index is 13.0. The van der Waals surface area contributed by atoms with Gasteiger partial charge in [-0.15, -0.1) is 16.9 Å². The molecule has 1 saturated heterocycles. The van der Waals surface area contributed by atoms with E-state index >= 15 is 0 Å². The van der Waals surface area contributed by atoms with Gasteiger partial charge in [0.05, 0.1) is 6.42 Å². The van der Waals surface area contributed by atoms with E-state index in [4.69, 9.17) is 4.74 Å². The van der Waals surface area contributed by atoms with Crippen molar-refractivity contribution in [3.8, 4) is 0 Å². The van der Waals surface area contributed by atoms with Crippen LogP contribution in [0.5, 0.6) is 0 Å². The number of carboxylic acids is 1. The Morgan fingerprint density at radius 3 is 2.59 bits per heavy atom. The number of aryl methyl sites for hydroxylation is 1. The van der Waals surface area contributed by atoms with Crippen LogP contribution in [-0.2, 0) is 39.1 Å². The van der Waals surface area contributed by atoms with Gasteiger partial charge in [-0.1, -0.05) is 36.0 Å². The number of hydrogen-bond acceptors (Lipinski definition) is 10. The van der Waals surface area contributed by atoms with E-state index in [0.29, 0.717) is 27.8 Å². The van der Waals surface area contributed by atoms with Gasteiger partial charge < -0.3 is 20.5 Å². The van der Waals surface area contributed by atoms with Gasteiger partial charge in [0, 0.05) is 25.1 Å². The zero-order valence-corrected chi connectivity index (χ0v) is 23.5. The number of hydrogen-bond donors (Lipinski definition) is 3. The number of β-lactam (4-membered cyclic amide) rings is 1. The standard InChI is InChI=1S/C24H29N7O6S2/c1-24(2,3)37-23(36)25-10-14-8-6-5-7-13(14)9-16(32)26-17-19(33)31-18(21(34)35)15(11-38-20(17)31)12-39-22-27-28-29-30(22)4/h5-8,17,20H,9-12H2,1-4H3,(H,25,36)(H,26,32)(H,34,35). The van der Waals surface area contributed by atoms with E-state index in [1.54, 1.807) is 52.1 Å². The van der Waals surface area contributed by atoms with E-state index in [1.807, 2.05) is 0 Å². The lowest BCUT2D eigenvalue weighted by molar-refractivity contribution is -0.150. The van der Waals surface area contributed by atoms with Crippen LogP contribution in [0.15, 0.2) is 40.7 Å². The number of aliphatic carboxylic acids is 1. The Bertz CT molecular complexity index is 1320. The number of fused-ring (bicyclic) bond motifs is 1. The average molecular weight is 576 g/mol. The van der Waals surface area contributed by atoms with Crippen LogP contribution >= 0.6 is 23.5 Å². The molecule has 2 atom stereocenters. The molecule has 0 bridgehead atoms. The highest BCUT2D eigenvalue weighted by atomic mass is 32.2. The number of rotatable bonds is 9. The molecule has 1 fully saturated rings. The number of amides is 3. The van der Waals surface area contributed by atoms with Crippen molar-refractivity contribution >= 4 is 47.4 Å². The first kappa shape index (κ1) is 28.4. The zero-order valence-electron chi connectivity index (χ0n) is 21.8. The number of nitrogens with zero attached hydrogens (tertiary/aromatic N) is 5. The van der Waals surface area contributed by atoms with Crippen molar-refractivity contribution in [3.63, 3.8) is 0 Å². The second-order valence-electron chi connectivity index (χ2n) is 9.89. The van der Waals surface area contributed by atoms with Gasteiger partial charge in [-0.3, -0.25) is 14.5 Å². The molecule has 3 amide bonds. The molecule has 208 valence electrons. The number of ether oxygens (including phenoxy) is 1. The van der Waals surface area contributed by atoms with Crippen molar-refractivity contribution < 1.29 is 29.0 Å². The summed E-state index contributed by atoms with van der Waals surface area (Å²) < 4.78 is 6.74. The monoisotopic (exact) mass is 575 g/mol. The Kier molecular flexibility index (Phi) is 8.49. The van der Waals surface area contributed by atoms with Crippen LogP contribution in [0.3, 0.4) is 0 Å². The van der Waals surface area contributed by atoms with E-state index in [9.17, 15) is 24.3 Å². The molecule has 2 aliphatic rings. The smallest absolute Gasteiger partial charge is 0.407 e. The average Bonchev–Trinajstić information content (AvgIpc) is 3.28. The fourth-order valence-corrected chi connectivity index (χ4v) is 6.41. The molecule has 13 nitrogen and oxygen atoms in total. The van der Waals surface area contributed by atoms with Crippen molar-refractivity contribution in [2.75, 3.05) is 11.5 Å². The Balaban J connectivity index is 1.37. The van der Waals surface area contributed by atoms with Crippen LogP contribution < -0.4 is 10.6 Å². The number of carbonyl (C=O) groups excluding carboxylic acids is 3. The normalized spacial score (nSPS) is 18.8. The van der Waals surface area contributed by atoms with Crippen LogP contribution in [0.2, 0.25) is 0 Å². The molecule has 0 aliphatic carbocycles. The maximum Gasteiger partial charge on any atom is 0.407 e. The summed E-state index contributed by atoms with van der Waals surface area (Å²) in [5.74, 6) is -1.35. The number of carboxylic acid groups (broad SMARTS) is 1. The lowest BCUT2D eigenvalue weighted by atomic mass is 10.0. The SMILES string of the molecule is Cn1nnnc1SCC1=C(C(=O)O)N2C(=O)C(NC(=O)Cc3ccccc3CNC(=O)OC(C)(C)C)C2SC1. The van der Waals surface area contributed by atoms with Crippen molar-refractivity contribution in [1.82, 2.24) is 35.7 Å². The molecule has 39 heavy (non-hydrogen) atoms. The summed E-state index contributed by atoms with van der Waals surface area (Å²) in [5, 5.41) is 26.5. The van der Waals surface area contributed by atoms with Gasteiger partial charge in [0.2, 0.25) is 11.1 Å². The van der Waals surface area contributed by atoms with E-state index < -0.39 is 35.0 Å². The number of alkyl carbamates (subject to hydrolysis) is 1. The van der Waals surface area contributed by atoms with Crippen molar-refractivity contribution in [2.45, 2.75) is 55.9 Å². The van der Waals surface area contributed by atoms with Gasteiger partial charge in [0.1, 0.15) is 22.7 Å². The quantitative estimate of drug-likeness (QED) is 0.291. The Hall–Kier alpha value is -3.59. The van der Waals surface area contributed by atoms with Gasteiger partial charge in [-0.25, -0.2) is 14.3 Å². The molecule has 0 saturated carbocycles. The molecule has 2 aliphatic heterocycles. The summed E-state index contributed by atoms with van der Waals surface area (Å²) in [7, 11) is 1.68. The van der Waals surface area contributed by atoms with E-state index in [-0.39, 0.29) is 24.6 Å². The number of thioether (sulfide) groups is 2. The van der Waals surface area contributed by atoms with Gasteiger partial charge >= 0.3 is 12.1 Å². The topological polar surface area (TPSA) is 169 Å². The highest BCUT2D eigenvalue weighted by Gasteiger charge is 2.54. The first-order chi connectivity index (χ1) is 18.4. The summed E-state index contributed by atoms with van der Waals surface area (Å²) in [6, 6.07) is 6.33. The molecule has 2 aromatic rings. The first-order valence-corrected chi connectivity index (χ1v) is 14.1. The molecular formula is C24H29N7O6S2. The third-order valence-electron chi connectivity index (χ3n) is 5.81. The van der Waals surface area contributed by atoms with E-state index in [2.05, 4.69) is 26.2 Å². The third-order valence-corrected chi connectivity index (χ3v) is 8.25. The number of benzene rings is 1. The second-order valence-corrected chi connectivity index (χ2v) is 11.9. The molecule has 3 heterocycles.